The number of hydrogen-bond acceptors (Lipinski definition) is 5. The van der Waals surface area contributed by atoms with Crippen LogP contribution in [-0.4, -0.2) is 76.1 Å². The Morgan fingerprint density at radius 2 is 1.96 bits per heavy atom. The van der Waals surface area contributed by atoms with Crippen LogP contribution in [0, 0.1) is 0 Å². The fraction of sp³-hybridized carbons (Fsp3) is 0.438. The lowest BCUT2D eigenvalue weighted by molar-refractivity contribution is -0.192. The third kappa shape index (κ3) is 7.21. The summed E-state index contributed by atoms with van der Waals surface area (Å²) in [7, 11) is 1.69. The third-order valence-electron chi connectivity index (χ3n) is 3.72. The number of carboxylic acid groups (broad SMARTS) is 1. The maximum atomic E-state index is 12.2. The summed E-state index contributed by atoms with van der Waals surface area (Å²) in [6, 6.07) is 5.08. The van der Waals surface area contributed by atoms with E-state index in [1.807, 2.05) is 25.1 Å². The molecule has 1 atom stereocenters. The minimum absolute atomic E-state index is 0.0474. The van der Waals surface area contributed by atoms with E-state index >= 15 is 0 Å². The Labute approximate surface area is 158 Å². The molecule has 2 heterocycles. The summed E-state index contributed by atoms with van der Waals surface area (Å²) in [5, 5.41) is 9.27. The number of likely N-dealkylation sites (N-methyl/N-ethyl adjacent to an activating group) is 1. The summed E-state index contributed by atoms with van der Waals surface area (Å²) < 4.78 is 31.7. The maximum absolute atomic E-state index is 12.2. The SMILES string of the molecule is CC(Cc1ccccn1)N(C)C(=O)CN1CC(=O)NC1=O.O=C(O)C(F)(F)F. The molecule has 1 fully saturated rings. The molecule has 1 aromatic rings. The monoisotopic (exact) mass is 404 g/mol. The van der Waals surface area contributed by atoms with Crippen LogP contribution >= 0.6 is 0 Å². The van der Waals surface area contributed by atoms with Crippen LogP contribution in [-0.2, 0) is 20.8 Å². The van der Waals surface area contributed by atoms with Crippen molar-refractivity contribution in [2.24, 2.45) is 0 Å². The standard InChI is InChI=1S/C14H18N4O3.C2HF3O2/c1-10(7-11-5-3-4-6-15-11)17(2)13(20)9-18-8-12(19)16-14(18)21;3-2(4,5)1(6)7/h3-6,10H,7-9H2,1-2H3,(H,16,19,21);(H,6,7). The number of carbonyl (C=O) groups is 4. The first-order chi connectivity index (χ1) is 12.9. The number of alkyl halides is 3. The Bertz CT molecular complexity index is 727. The van der Waals surface area contributed by atoms with Gasteiger partial charge in [-0.2, -0.15) is 13.2 Å². The lowest BCUT2D eigenvalue weighted by atomic mass is 10.1. The van der Waals surface area contributed by atoms with E-state index in [2.05, 4.69) is 10.3 Å². The number of hydrogen-bond donors (Lipinski definition) is 2. The van der Waals surface area contributed by atoms with Crippen molar-refractivity contribution >= 4 is 23.8 Å². The zero-order chi connectivity index (χ0) is 21.5. The van der Waals surface area contributed by atoms with Crippen LogP contribution in [0.15, 0.2) is 24.4 Å². The average molecular weight is 404 g/mol. The summed E-state index contributed by atoms with van der Waals surface area (Å²) >= 11 is 0. The molecular formula is C16H19F3N4O5. The highest BCUT2D eigenvalue weighted by atomic mass is 19.4. The molecule has 2 rings (SSSR count). The van der Waals surface area contributed by atoms with Gasteiger partial charge in [-0.05, 0) is 19.1 Å². The lowest BCUT2D eigenvalue weighted by Crippen LogP contribution is -2.44. The molecule has 154 valence electrons. The van der Waals surface area contributed by atoms with Gasteiger partial charge in [0.2, 0.25) is 11.8 Å². The zero-order valence-corrected chi connectivity index (χ0v) is 15.1. The Morgan fingerprint density at radius 3 is 2.39 bits per heavy atom. The number of amides is 4. The first kappa shape index (κ1) is 22.9. The molecule has 0 saturated carbocycles. The van der Waals surface area contributed by atoms with E-state index in [9.17, 15) is 27.6 Å². The molecule has 0 radical (unpaired) electrons. The predicted molar refractivity (Wildman–Crippen MR) is 89.0 cm³/mol. The summed E-state index contributed by atoms with van der Waals surface area (Å²) in [5.41, 5.74) is 0.902. The molecule has 28 heavy (non-hydrogen) atoms. The van der Waals surface area contributed by atoms with Crippen molar-refractivity contribution in [2.45, 2.75) is 25.6 Å². The maximum Gasteiger partial charge on any atom is 0.490 e. The number of pyridine rings is 1. The number of carbonyl (C=O) groups excluding carboxylic acids is 3. The van der Waals surface area contributed by atoms with Crippen molar-refractivity contribution in [3.05, 3.63) is 30.1 Å². The largest absolute Gasteiger partial charge is 0.490 e. The Hall–Kier alpha value is -3.18. The second-order valence-corrected chi connectivity index (χ2v) is 5.89. The summed E-state index contributed by atoms with van der Waals surface area (Å²) in [6.07, 6.45) is -2.74. The summed E-state index contributed by atoms with van der Waals surface area (Å²) in [5.74, 6) is -3.34. The van der Waals surface area contributed by atoms with Crippen molar-refractivity contribution in [3.63, 3.8) is 0 Å². The Kier molecular flexibility index (Phi) is 7.89. The number of carboxylic acids is 1. The van der Waals surface area contributed by atoms with Gasteiger partial charge in [0.05, 0.1) is 0 Å². The van der Waals surface area contributed by atoms with E-state index in [1.165, 1.54) is 4.90 Å². The highest BCUT2D eigenvalue weighted by molar-refractivity contribution is 6.03. The zero-order valence-electron chi connectivity index (χ0n) is 15.1. The van der Waals surface area contributed by atoms with E-state index in [0.717, 1.165) is 5.69 Å². The first-order valence-corrected chi connectivity index (χ1v) is 7.96. The molecule has 0 aliphatic carbocycles. The lowest BCUT2D eigenvalue weighted by Gasteiger charge is -2.26. The van der Waals surface area contributed by atoms with Crippen LogP contribution in [0.1, 0.15) is 12.6 Å². The van der Waals surface area contributed by atoms with Gasteiger partial charge in [0.15, 0.2) is 0 Å². The third-order valence-corrected chi connectivity index (χ3v) is 3.72. The molecular weight excluding hydrogens is 385 g/mol. The number of aromatic nitrogens is 1. The van der Waals surface area contributed by atoms with E-state index in [-0.39, 0.29) is 30.9 Å². The van der Waals surface area contributed by atoms with Crippen LogP contribution in [0.5, 0.6) is 0 Å². The number of urea groups is 1. The van der Waals surface area contributed by atoms with Gasteiger partial charge in [0.1, 0.15) is 13.1 Å². The van der Waals surface area contributed by atoms with Crippen molar-refractivity contribution in [1.29, 1.82) is 0 Å². The molecule has 2 N–H and O–H groups in total. The fourth-order valence-corrected chi connectivity index (χ4v) is 2.09. The minimum atomic E-state index is -5.08. The minimum Gasteiger partial charge on any atom is -0.475 e. The molecule has 1 aliphatic heterocycles. The van der Waals surface area contributed by atoms with Crippen LogP contribution in [0.25, 0.3) is 0 Å². The highest BCUT2D eigenvalue weighted by Crippen LogP contribution is 2.13. The molecule has 1 unspecified atom stereocenters. The fourth-order valence-electron chi connectivity index (χ4n) is 2.09. The number of nitrogens with one attached hydrogen (secondary N) is 1. The van der Waals surface area contributed by atoms with Crippen LogP contribution in [0.2, 0.25) is 0 Å². The highest BCUT2D eigenvalue weighted by Gasteiger charge is 2.38. The van der Waals surface area contributed by atoms with Gasteiger partial charge in [-0.1, -0.05) is 6.07 Å². The molecule has 1 aliphatic rings. The predicted octanol–water partition coefficient (Wildman–Crippen LogP) is 0.656. The smallest absolute Gasteiger partial charge is 0.475 e. The van der Waals surface area contributed by atoms with Crippen LogP contribution < -0.4 is 5.32 Å². The normalized spacial score (nSPS) is 14.7. The molecule has 12 heteroatoms. The van der Waals surface area contributed by atoms with Gasteiger partial charge in [-0.15, -0.1) is 0 Å². The van der Waals surface area contributed by atoms with Gasteiger partial charge < -0.3 is 14.9 Å². The molecule has 0 aromatic carbocycles. The van der Waals surface area contributed by atoms with Crippen LogP contribution in [0.3, 0.4) is 0 Å². The number of rotatable bonds is 5. The average Bonchev–Trinajstić information content (AvgIpc) is 2.91. The van der Waals surface area contributed by atoms with Gasteiger partial charge in [0.25, 0.3) is 0 Å². The van der Waals surface area contributed by atoms with Crippen molar-refractivity contribution in [2.75, 3.05) is 20.1 Å². The van der Waals surface area contributed by atoms with Gasteiger partial charge >= 0.3 is 18.2 Å². The van der Waals surface area contributed by atoms with E-state index < -0.39 is 18.2 Å². The van der Waals surface area contributed by atoms with Crippen molar-refractivity contribution < 1.29 is 37.5 Å². The van der Waals surface area contributed by atoms with Crippen molar-refractivity contribution in [1.82, 2.24) is 20.1 Å². The Morgan fingerprint density at radius 1 is 1.36 bits per heavy atom. The number of nitrogens with zero attached hydrogens (tertiary/aromatic N) is 3. The van der Waals surface area contributed by atoms with Crippen LogP contribution in [0.4, 0.5) is 18.0 Å². The van der Waals surface area contributed by atoms with E-state index in [1.54, 1.807) is 18.1 Å². The number of aliphatic carboxylic acids is 1. The number of imide groups is 1. The van der Waals surface area contributed by atoms with E-state index in [4.69, 9.17) is 9.90 Å². The number of halogens is 3. The topological polar surface area (TPSA) is 120 Å². The summed E-state index contributed by atoms with van der Waals surface area (Å²) in [6.45, 7) is 1.76. The van der Waals surface area contributed by atoms with Gasteiger partial charge in [-0.3, -0.25) is 19.9 Å². The van der Waals surface area contributed by atoms with Gasteiger partial charge in [-0.25, -0.2) is 9.59 Å². The first-order valence-electron chi connectivity index (χ1n) is 7.96. The summed E-state index contributed by atoms with van der Waals surface area (Å²) in [4.78, 5) is 50.6. The quantitative estimate of drug-likeness (QED) is 0.696. The molecule has 4 amide bonds. The molecule has 0 spiro atoms. The van der Waals surface area contributed by atoms with Gasteiger partial charge in [0, 0.05) is 31.4 Å². The van der Waals surface area contributed by atoms with E-state index in [0.29, 0.717) is 6.42 Å². The molecule has 0 bridgehead atoms. The Balaban J connectivity index is 0.000000480. The second kappa shape index (κ2) is 9.67. The molecule has 9 nitrogen and oxygen atoms in total. The molecule has 1 saturated heterocycles. The molecule has 1 aromatic heterocycles. The second-order valence-electron chi connectivity index (χ2n) is 5.89. The van der Waals surface area contributed by atoms with Crippen molar-refractivity contribution in [3.8, 4) is 0 Å².